The second-order valence-electron chi connectivity index (χ2n) is 7.15. The highest BCUT2D eigenvalue weighted by atomic mass is 16.5. The van der Waals surface area contributed by atoms with E-state index in [9.17, 15) is 4.79 Å². The smallest absolute Gasteiger partial charge is 0.322 e. The molecule has 1 N–H and O–H groups in total. The van der Waals surface area contributed by atoms with Crippen LogP contribution < -0.4 is 10.1 Å². The van der Waals surface area contributed by atoms with E-state index in [4.69, 9.17) is 4.74 Å². The zero-order valence-corrected chi connectivity index (χ0v) is 14.8. The van der Waals surface area contributed by atoms with Gasteiger partial charge in [-0.2, -0.15) is 0 Å². The van der Waals surface area contributed by atoms with Crippen molar-refractivity contribution in [2.75, 3.05) is 12.4 Å². The first-order valence-electron chi connectivity index (χ1n) is 9.51. The molecule has 0 heterocycles. The van der Waals surface area contributed by atoms with E-state index in [0.717, 1.165) is 37.1 Å². The summed E-state index contributed by atoms with van der Waals surface area (Å²) >= 11 is 0. The zero-order valence-electron chi connectivity index (χ0n) is 14.8. The molecule has 2 amide bonds. The standard InChI is InChI=1S/C20H30N2O2/c1-24-19-14-12-16(13-15-19)21-20(23)22(17-8-4-2-5-9-17)18-10-6-3-7-11-18/h12-15,17-18H,2-11H2,1H3,(H,21,23). The fourth-order valence-electron chi connectivity index (χ4n) is 4.21. The number of nitrogens with one attached hydrogen (secondary N) is 1. The minimum Gasteiger partial charge on any atom is -0.497 e. The van der Waals surface area contributed by atoms with Crippen molar-refractivity contribution in [3.05, 3.63) is 24.3 Å². The zero-order chi connectivity index (χ0) is 16.8. The van der Waals surface area contributed by atoms with Crippen molar-refractivity contribution in [2.24, 2.45) is 0 Å². The van der Waals surface area contributed by atoms with Crippen LogP contribution in [0.3, 0.4) is 0 Å². The van der Waals surface area contributed by atoms with Crippen LogP contribution in [0.4, 0.5) is 10.5 Å². The third kappa shape index (κ3) is 4.22. The van der Waals surface area contributed by atoms with Crippen molar-refractivity contribution in [1.29, 1.82) is 0 Å². The Balaban J connectivity index is 1.71. The molecule has 4 heteroatoms. The van der Waals surface area contributed by atoms with Crippen molar-refractivity contribution < 1.29 is 9.53 Å². The van der Waals surface area contributed by atoms with Crippen LogP contribution >= 0.6 is 0 Å². The van der Waals surface area contributed by atoms with Gasteiger partial charge in [-0.15, -0.1) is 0 Å². The Bertz CT molecular complexity index is 499. The molecule has 2 aliphatic carbocycles. The second kappa shape index (κ2) is 8.41. The quantitative estimate of drug-likeness (QED) is 0.825. The normalized spacial score (nSPS) is 19.7. The van der Waals surface area contributed by atoms with E-state index >= 15 is 0 Å². The molecule has 132 valence electrons. The number of amides is 2. The van der Waals surface area contributed by atoms with Crippen LogP contribution in [0.2, 0.25) is 0 Å². The van der Waals surface area contributed by atoms with Gasteiger partial charge in [-0.1, -0.05) is 38.5 Å². The Morgan fingerprint density at radius 1 is 0.917 bits per heavy atom. The van der Waals surface area contributed by atoms with Crippen molar-refractivity contribution in [3.8, 4) is 5.75 Å². The van der Waals surface area contributed by atoms with Crippen molar-refractivity contribution in [3.63, 3.8) is 0 Å². The van der Waals surface area contributed by atoms with E-state index in [1.54, 1.807) is 7.11 Å². The first-order valence-corrected chi connectivity index (χ1v) is 9.51. The summed E-state index contributed by atoms with van der Waals surface area (Å²) in [6, 6.07) is 8.52. The Kier molecular flexibility index (Phi) is 6.00. The summed E-state index contributed by atoms with van der Waals surface area (Å²) in [5.41, 5.74) is 0.845. The number of carbonyl (C=O) groups is 1. The summed E-state index contributed by atoms with van der Waals surface area (Å²) in [4.78, 5) is 15.2. The van der Waals surface area contributed by atoms with Crippen LogP contribution in [0, 0.1) is 0 Å². The predicted octanol–water partition coefficient (Wildman–Crippen LogP) is 5.19. The molecule has 0 unspecified atom stereocenters. The molecule has 0 saturated heterocycles. The Hall–Kier alpha value is -1.71. The molecule has 2 aliphatic rings. The lowest BCUT2D eigenvalue weighted by Gasteiger charge is -2.41. The summed E-state index contributed by atoms with van der Waals surface area (Å²) in [7, 11) is 1.65. The average molecular weight is 330 g/mol. The lowest BCUT2D eigenvalue weighted by atomic mass is 9.89. The molecule has 2 fully saturated rings. The Morgan fingerprint density at radius 3 is 1.88 bits per heavy atom. The molecular formula is C20H30N2O2. The van der Waals surface area contributed by atoms with Gasteiger partial charge in [0.05, 0.1) is 7.11 Å². The molecule has 1 aromatic carbocycles. The number of benzene rings is 1. The molecule has 0 spiro atoms. The maximum atomic E-state index is 13.0. The molecule has 0 bridgehead atoms. The number of anilines is 1. The monoisotopic (exact) mass is 330 g/mol. The van der Waals surface area contributed by atoms with E-state index in [0.29, 0.717) is 12.1 Å². The number of nitrogens with zero attached hydrogens (tertiary/aromatic N) is 1. The van der Waals surface area contributed by atoms with E-state index < -0.39 is 0 Å². The maximum absolute atomic E-state index is 13.0. The first-order chi connectivity index (χ1) is 11.8. The SMILES string of the molecule is COc1ccc(NC(=O)N(C2CCCCC2)C2CCCCC2)cc1. The van der Waals surface area contributed by atoms with Gasteiger partial charge in [0.15, 0.2) is 0 Å². The van der Waals surface area contributed by atoms with Gasteiger partial charge < -0.3 is 15.0 Å². The molecule has 0 atom stereocenters. The summed E-state index contributed by atoms with van der Waals surface area (Å²) in [5.74, 6) is 0.810. The number of hydrogen-bond acceptors (Lipinski definition) is 2. The Labute approximate surface area is 145 Å². The van der Waals surface area contributed by atoms with E-state index in [2.05, 4.69) is 10.2 Å². The third-order valence-electron chi connectivity index (χ3n) is 5.51. The third-order valence-corrected chi connectivity index (χ3v) is 5.51. The van der Waals surface area contributed by atoms with Gasteiger partial charge in [0.25, 0.3) is 0 Å². The molecule has 4 nitrogen and oxygen atoms in total. The number of methoxy groups -OCH3 is 1. The van der Waals surface area contributed by atoms with Gasteiger partial charge in [-0.25, -0.2) is 4.79 Å². The van der Waals surface area contributed by atoms with Crippen LogP contribution in [0.5, 0.6) is 5.75 Å². The van der Waals surface area contributed by atoms with Crippen LogP contribution in [0.15, 0.2) is 24.3 Å². The van der Waals surface area contributed by atoms with Gasteiger partial charge in [-0.05, 0) is 49.9 Å². The average Bonchev–Trinajstić information content (AvgIpc) is 2.64. The molecule has 0 aliphatic heterocycles. The number of ether oxygens (including phenoxy) is 1. The van der Waals surface area contributed by atoms with Crippen molar-refractivity contribution >= 4 is 11.7 Å². The van der Waals surface area contributed by atoms with E-state index in [1.807, 2.05) is 24.3 Å². The molecule has 0 aromatic heterocycles. The summed E-state index contributed by atoms with van der Waals surface area (Å²) in [6.45, 7) is 0. The van der Waals surface area contributed by atoms with Gasteiger partial charge in [0, 0.05) is 17.8 Å². The van der Waals surface area contributed by atoms with Crippen molar-refractivity contribution in [2.45, 2.75) is 76.3 Å². The van der Waals surface area contributed by atoms with Crippen LogP contribution in [-0.2, 0) is 0 Å². The van der Waals surface area contributed by atoms with E-state index in [-0.39, 0.29) is 6.03 Å². The number of hydrogen-bond donors (Lipinski definition) is 1. The first kappa shape index (κ1) is 17.1. The highest BCUT2D eigenvalue weighted by molar-refractivity contribution is 5.89. The van der Waals surface area contributed by atoms with Crippen LogP contribution in [0.25, 0.3) is 0 Å². The lowest BCUT2D eigenvalue weighted by Crippen LogP contribution is -2.50. The van der Waals surface area contributed by atoms with Gasteiger partial charge in [0.2, 0.25) is 0 Å². The molecule has 3 rings (SSSR count). The highest BCUT2D eigenvalue weighted by Crippen LogP contribution is 2.31. The Morgan fingerprint density at radius 2 is 1.42 bits per heavy atom. The predicted molar refractivity (Wildman–Crippen MR) is 97.6 cm³/mol. The molecule has 1 aromatic rings. The van der Waals surface area contributed by atoms with Crippen LogP contribution in [0.1, 0.15) is 64.2 Å². The minimum absolute atomic E-state index is 0.0824. The fourth-order valence-corrected chi connectivity index (χ4v) is 4.21. The molecule has 24 heavy (non-hydrogen) atoms. The largest absolute Gasteiger partial charge is 0.497 e. The van der Waals surface area contributed by atoms with E-state index in [1.165, 1.54) is 38.5 Å². The second-order valence-corrected chi connectivity index (χ2v) is 7.15. The van der Waals surface area contributed by atoms with Gasteiger partial charge in [-0.3, -0.25) is 0 Å². The number of carbonyl (C=O) groups excluding carboxylic acids is 1. The van der Waals surface area contributed by atoms with Gasteiger partial charge >= 0.3 is 6.03 Å². The summed E-state index contributed by atoms with van der Waals surface area (Å²) in [5, 5.41) is 3.12. The highest BCUT2D eigenvalue weighted by Gasteiger charge is 2.32. The molecule has 0 radical (unpaired) electrons. The number of urea groups is 1. The van der Waals surface area contributed by atoms with Crippen LogP contribution in [-0.4, -0.2) is 30.1 Å². The lowest BCUT2D eigenvalue weighted by molar-refractivity contribution is 0.114. The topological polar surface area (TPSA) is 41.6 Å². The van der Waals surface area contributed by atoms with Gasteiger partial charge in [0.1, 0.15) is 5.75 Å². The molecular weight excluding hydrogens is 300 g/mol. The fraction of sp³-hybridized carbons (Fsp3) is 0.650. The molecule has 2 saturated carbocycles. The minimum atomic E-state index is 0.0824. The van der Waals surface area contributed by atoms with Crippen molar-refractivity contribution in [1.82, 2.24) is 4.90 Å². The number of rotatable bonds is 4. The summed E-state index contributed by atoms with van der Waals surface area (Å²) < 4.78 is 5.19. The summed E-state index contributed by atoms with van der Waals surface area (Å²) in [6.07, 6.45) is 12.3. The maximum Gasteiger partial charge on any atom is 0.322 e.